The summed E-state index contributed by atoms with van der Waals surface area (Å²) < 4.78 is 2.74. The Labute approximate surface area is 145 Å². The van der Waals surface area contributed by atoms with E-state index in [4.69, 9.17) is 0 Å². The normalized spacial score (nSPS) is 15.1. The quantitative estimate of drug-likeness (QED) is 0.734. The van der Waals surface area contributed by atoms with Crippen LogP contribution in [-0.4, -0.2) is 37.8 Å². The fraction of sp³-hybridized carbons (Fsp3) is 0.211. The Bertz CT molecular complexity index is 927. The molecular formula is C19H19N5O. The highest BCUT2D eigenvalue weighted by molar-refractivity contribution is 5.66. The Hall–Kier alpha value is -2.99. The Morgan fingerprint density at radius 2 is 1.64 bits per heavy atom. The van der Waals surface area contributed by atoms with E-state index < -0.39 is 0 Å². The lowest BCUT2D eigenvalue weighted by atomic mass is 10.00. The van der Waals surface area contributed by atoms with Gasteiger partial charge in [-0.2, -0.15) is 9.36 Å². The van der Waals surface area contributed by atoms with Gasteiger partial charge in [0.1, 0.15) is 6.67 Å². The Morgan fingerprint density at radius 1 is 0.920 bits per heavy atom. The van der Waals surface area contributed by atoms with E-state index in [1.54, 1.807) is 0 Å². The number of rotatable bonds is 4. The van der Waals surface area contributed by atoms with Gasteiger partial charge in [0.25, 0.3) is 0 Å². The minimum absolute atomic E-state index is 0.218. The number of para-hydroxylation sites is 1. The van der Waals surface area contributed by atoms with Crippen molar-refractivity contribution < 1.29 is 0 Å². The summed E-state index contributed by atoms with van der Waals surface area (Å²) >= 11 is 0. The van der Waals surface area contributed by atoms with Gasteiger partial charge >= 0.3 is 5.69 Å². The molecule has 0 fully saturated rings. The molecule has 0 saturated heterocycles. The maximum Gasteiger partial charge on any atom is 0.369 e. The molecule has 2 aromatic carbocycles. The van der Waals surface area contributed by atoms with Gasteiger partial charge < -0.3 is 0 Å². The summed E-state index contributed by atoms with van der Waals surface area (Å²) in [5.74, 6) is 0. The second-order valence-electron chi connectivity index (χ2n) is 6.07. The molecule has 2 heterocycles. The first-order valence-electron chi connectivity index (χ1n) is 8.36. The molecule has 4 rings (SSSR count). The molecule has 0 amide bonds. The third-order valence-corrected chi connectivity index (χ3v) is 4.41. The van der Waals surface area contributed by atoms with Gasteiger partial charge in [-0.3, -0.25) is 4.90 Å². The average molecular weight is 333 g/mol. The van der Waals surface area contributed by atoms with Crippen molar-refractivity contribution in [1.82, 2.24) is 24.7 Å². The summed E-state index contributed by atoms with van der Waals surface area (Å²) in [7, 11) is 0. The molecule has 1 aromatic heterocycles. The van der Waals surface area contributed by atoms with E-state index >= 15 is 0 Å². The van der Waals surface area contributed by atoms with Gasteiger partial charge in [0.05, 0.1) is 5.69 Å². The SMILES string of the molecule is O=c1n(CN2CC=C(c3ccccc3)CC2)nnn1-c1ccccc1. The molecule has 6 nitrogen and oxygen atoms in total. The highest BCUT2D eigenvalue weighted by Gasteiger charge is 2.16. The number of hydrogen-bond donors (Lipinski definition) is 0. The summed E-state index contributed by atoms with van der Waals surface area (Å²) in [6.45, 7) is 2.14. The van der Waals surface area contributed by atoms with E-state index in [9.17, 15) is 4.79 Å². The molecule has 126 valence electrons. The molecule has 6 heteroatoms. The molecule has 0 spiro atoms. The predicted octanol–water partition coefficient (Wildman–Crippen LogP) is 2.18. The van der Waals surface area contributed by atoms with Crippen LogP contribution < -0.4 is 5.69 Å². The van der Waals surface area contributed by atoms with Crippen LogP contribution in [0.25, 0.3) is 11.3 Å². The summed E-state index contributed by atoms with van der Waals surface area (Å²) in [5, 5.41) is 8.01. The van der Waals surface area contributed by atoms with Crippen LogP contribution in [0.15, 0.2) is 71.5 Å². The van der Waals surface area contributed by atoms with Crippen molar-refractivity contribution in [3.05, 3.63) is 82.8 Å². The molecule has 3 aromatic rings. The smallest absolute Gasteiger partial charge is 0.280 e. The van der Waals surface area contributed by atoms with E-state index in [-0.39, 0.29) is 5.69 Å². The van der Waals surface area contributed by atoms with Crippen LogP contribution in [0, 0.1) is 0 Å². The topological polar surface area (TPSA) is 56.0 Å². The van der Waals surface area contributed by atoms with Crippen molar-refractivity contribution in [1.29, 1.82) is 0 Å². The zero-order valence-corrected chi connectivity index (χ0v) is 13.8. The van der Waals surface area contributed by atoms with Crippen molar-refractivity contribution in [3.63, 3.8) is 0 Å². The maximum absolute atomic E-state index is 12.5. The van der Waals surface area contributed by atoms with Crippen molar-refractivity contribution in [2.24, 2.45) is 0 Å². The number of aromatic nitrogens is 4. The van der Waals surface area contributed by atoms with Gasteiger partial charge in [-0.1, -0.05) is 54.6 Å². The van der Waals surface area contributed by atoms with Gasteiger partial charge in [-0.15, -0.1) is 0 Å². The molecule has 25 heavy (non-hydrogen) atoms. The second-order valence-corrected chi connectivity index (χ2v) is 6.07. The van der Waals surface area contributed by atoms with Gasteiger partial charge in [0.2, 0.25) is 0 Å². The number of tetrazole rings is 1. The molecule has 0 radical (unpaired) electrons. The van der Waals surface area contributed by atoms with Crippen LogP contribution in [0.2, 0.25) is 0 Å². The lowest BCUT2D eigenvalue weighted by molar-refractivity contribution is 0.222. The summed E-state index contributed by atoms with van der Waals surface area (Å²) in [6.07, 6.45) is 3.19. The number of benzene rings is 2. The molecule has 0 atom stereocenters. The first-order valence-corrected chi connectivity index (χ1v) is 8.36. The van der Waals surface area contributed by atoms with E-state index in [0.717, 1.165) is 25.2 Å². The second kappa shape index (κ2) is 6.86. The van der Waals surface area contributed by atoms with E-state index in [0.29, 0.717) is 6.67 Å². The van der Waals surface area contributed by atoms with Crippen molar-refractivity contribution in [2.75, 3.05) is 13.1 Å². The highest BCUT2D eigenvalue weighted by Crippen LogP contribution is 2.21. The molecule has 0 saturated carbocycles. The van der Waals surface area contributed by atoms with Crippen LogP contribution in [-0.2, 0) is 6.67 Å². The molecule has 1 aliphatic heterocycles. The lowest BCUT2D eigenvalue weighted by Gasteiger charge is -2.25. The van der Waals surface area contributed by atoms with Crippen LogP contribution >= 0.6 is 0 Å². The molecule has 0 unspecified atom stereocenters. The fourth-order valence-corrected chi connectivity index (χ4v) is 3.04. The minimum atomic E-state index is -0.218. The first-order chi connectivity index (χ1) is 12.3. The summed E-state index contributed by atoms with van der Waals surface area (Å²) in [5.41, 5.74) is 3.14. The van der Waals surface area contributed by atoms with Gasteiger partial charge in [0, 0.05) is 13.1 Å². The van der Waals surface area contributed by atoms with Gasteiger partial charge in [0.15, 0.2) is 0 Å². The third kappa shape index (κ3) is 3.29. The van der Waals surface area contributed by atoms with Gasteiger partial charge in [-0.05, 0) is 40.1 Å². The van der Waals surface area contributed by atoms with Crippen molar-refractivity contribution in [2.45, 2.75) is 13.1 Å². The number of hydrogen-bond acceptors (Lipinski definition) is 4. The lowest BCUT2D eigenvalue weighted by Crippen LogP contribution is -2.36. The molecule has 0 N–H and O–H groups in total. The van der Waals surface area contributed by atoms with Gasteiger partial charge in [-0.25, -0.2) is 4.79 Å². The highest BCUT2D eigenvalue weighted by atomic mass is 16.2. The van der Waals surface area contributed by atoms with E-state index in [2.05, 4.69) is 45.7 Å². The fourth-order valence-electron chi connectivity index (χ4n) is 3.04. The molecular weight excluding hydrogens is 314 g/mol. The third-order valence-electron chi connectivity index (χ3n) is 4.41. The Morgan fingerprint density at radius 3 is 2.32 bits per heavy atom. The monoisotopic (exact) mass is 333 g/mol. The average Bonchev–Trinajstić information content (AvgIpc) is 3.04. The predicted molar refractivity (Wildman–Crippen MR) is 96.2 cm³/mol. The Kier molecular flexibility index (Phi) is 4.26. The van der Waals surface area contributed by atoms with Crippen LogP contribution in [0.3, 0.4) is 0 Å². The zero-order chi connectivity index (χ0) is 17.1. The molecule has 0 bridgehead atoms. The molecule has 0 aliphatic carbocycles. The summed E-state index contributed by atoms with van der Waals surface area (Å²) in [6, 6.07) is 19.8. The minimum Gasteiger partial charge on any atom is -0.280 e. The summed E-state index contributed by atoms with van der Waals surface area (Å²) in [4.78, 5) is 14.7. The maximum atomic E-state index is 12.5. The first kappa shape index (κ1) is 15.5. The number of nitrogens with zero attached hydrogens (tertiary/aromatic N) is 5. The Balaban J connectivity index is 1.47. The van der Waals surface area contributed by atoms with E-state index in [1.807, 2.05) is 36.4 Å². The largest absolute Gasteiger partial charge is 0.369 e. The zero-order valence-electron chi connectivity index (χ0n) is 13.8. The standard InChI is InChI=1S/C19H19N5O/c25-19-23(20-21-24(19)18-9-5-2-6-10-18)15-22-13-11-17(12-14-22)16-7-3-1-4-8-16/h1-11H,12-15H2. The van der Waals surface area contributed by atoms with Crippen LogP contribution in [0.5, 0.6) is 0 Å². The molecule has 1 aliphatic rings. The van der Waals surface area contributed by atoms with Crippen molar-refractivity contribution >= 4 is 5.57 Å². The van der Waals surface area contributed by atoms with Crippen LogP contribution in [0.1, 0.15) is 12.0 Å². The van der Waals surface area contributed by atoms with E-state index in [1.165, 1.54) is 20.5 Å². The van der Waals surface area contributed by atoms with Crippen molar-refractivity contribution in [3.8, 4) is 5.69 Å². The van der Waals surface area contributed by atoms with Crippen LogP contribution in [0.4, 0.5) is 0 Å².